The van der Waals surface area contributed by atoms with Crippen molar-refractivity contribution in [2.24, 2.45) is 0 Å². The lowest BCUT2D eigenvalue weighted by Crippen LogP contribution is -2.24. The van der Waals surface area contributed by atoms with Gasteiger partial charge in [-0.15, -0.1) is 0 Å². The maximum atomic E-state index is 12.1. The highest BCUT2D eigenvalue weighted by atomic mass is 79.9. The average Bonchev–Trinajstić information content (AvgIpc) is 2.87. The van der Waals surface area contributed by atoms with Crippen LogP contribution in [-0.2, 0) is 9.53 Å². The van der Waals surface area contributed by atoms with Gasteiger partial charge in [0.05, 0.1) is 19.0 Å². The van der Waals surface area contributed by atoms with Gasteiger partial charge >= 0.3 is 5.97 Å². The minimum absolute atomic E-state index is 0.305. The molecule has 0 saturated carbocycles. The third-order valence-corrected chi connectivity index (χ3v) is 3.39. The van der Waals surface area contributed by atoms with E-state index in [1.807, 2.05) is 18.2 Å². The van der Waals surface area contributed by atoms with Crippen LogP contribution in [-0.4, -0.2) is 27.6 Å². The van der Waals surface area contributed by atoms with Crippen molar-refractivity contribution in [1.82, 2.24) is 15.0 Å². The van der Waals surface area contributed by atoms with E-state index in [9.17, 15) is 4.79 Å². The van der Waals surface area contributed by atoms with Crippen LogP contribution in [0.15, 0.2) is 46.8 Å². The molecule has 106 valence electrons. The Balaban J connectivity index is 2.16. The molecule has 0 bridgehead atoms. The number of hydrogen-bond acceptors (Lipinski definition) is 4. The van der Waals surface area contributed by atoms with Crippen LogP contribution in [0.1, 0.15) is 25.8 Å². The van der Waals surface area contributed by atoms with Crippen molar-refractivity contribution in [1.29, 1.82) is 0 Å². The number of ether oxygens (including phenoxy) is 1. The number of rotatable bonds is 5. The van der Waals surface area contributed by atoms with E-state index in [0.717, 1.165) is 16.5 Å². The predicted octanol–water partition coefficient (Wildman–Crippen LogP) is 2.94. The quantitative estimate of drug-likeness (QED) is 0.775. The van der Waals surface area contributed by atoms with Crippen LogP contribution in [0.3, 0.4) is 0 Å². The third kappa shape index (κ3) is 3.90. The summed E-state index contributed by atoms with van der Waals surface area (Å²) in [6.07, 6.45) is 12.5. The zero-order chi connectivity index (χ0) is 14.4. The Morgan fingerprint density at radius 2 is 2.20 bits per heavy atom. The zero-order valence-corrected chi connectivity index (χ0v) is 12.8. The van der Waals surface area contributed by atoms with Gasteiger partial charge in [-0.1, -0.05) is 39.7 Å². The molecule has 6 heteroatoms. The van der Waals surface area contributed by atoms with Crippen molar-refractivity contribution < 1.29 is 9.53 Å². The fraction of sp³-hybridized carbons (Fsp3) is 0.357. The van der Waals surface area contributed by atoms with Crippen molar-refractivity contribution in [3.8, 4) is 0 Å². The number of esters is 1. The molecule has 1 aromatic heterocycles. The first-order chi connectivity index (χ1) is 9.70. The fourth-order valence-corrected chi connectivity index (χ4v) is 2.25. The van der Waals surface area contributed by atoms with Crippen LogP contribution in [0.2, 0.25) is 0 Å². The maximum absolute atomic E-state index is 12.1. The summed E-state index contributed by atoms with van der Waals surface area (Å²) in [5, 5.41) is 8.12. The summed E-state index contributed by atoms with van der Waals surface area (Å²) < 4.78 is 6.12. The molecular weight excluding hydrogens is 322 g/mol. The first kappa shape index (κ1) is 14.7. The van der Waals surface area contributed by atoms with Crippen LogP contribution in [0.4, 0.5) is 0 Å². The molecule has 5 nitrogen and oxygen atoms in total. The van der Waals surface area contributed by atoms with Crippen LogP contribution in [0.25, 0.3) is 0 Å². The summed E-state index contributed by atoms with van der Waals surface area (Å²) in [6, 6.07) is -0.519. The molecule has 1 aromatic rings. The normalized spacial score (nSPS) is 16.1. The van der Waals surface area contributed by atoms with E-state index in [0.29, 0.717) is 13.0 Å². The summed E-state index contributed by atoms with van der Waals surface area (Å²) >= 11 is 3.43. The van der Waals surface area contributed by atoms with Crippen molar-refractivity contribution in [3.63, 3.8) is 0 Å². The average molecular weight is 338 g/mol. The van der Waals surface area contributed by atoms with E-state index in [1.165, 1.54) is 4.80 Å². The van der Waals surface area contributed by atoms with Crippen LogP contribution < -0.4 is 0 Å². The molecule has 0 fully saturated rings. The molecule has 1 unspecified atom stereocenters. The molecule has 1 aliphatic rings. The molecule has 2 rings (SSSR count). The molecule has 0 saturated heterocycles. The highest BCUT2D eigenvalue weighted by molar-refractivity contribution is 9.11. The molecule has 0 spiro atoms. The number of nitrogens with zero attached hydrogens (tertiary/aromatic N) is 3. The summed E-state index contributed by atoms with van der Waals surface area (Å²) in [4.78, 5) is 13.5. The summed E-state index contributed by atoms with van der Waals surface area (Å²) in [7, 11) is 0. The van der Waals surface area contributed by atoms with E-state index in [1.54, 1.807) is 19.3 Å². The Labute approximate surface area is 126 Å². The second kappa shape index (κ2) is 7.19. The lowest BCUT2D eigenvalue weighted by Gasteiger charge is -2.15. The van der Waals surface area contributed by atoms with E-state index >= 15 is 0 Å². The molecule has 1 aliphatic carbocycles. The van der Waals surface area contributed by atoms with Gasteiger partial charge < -0.3 is 4.74 Å². The second-order valence-electron chi connectivity index (χ2n) is 4.30. The molecule has 20 heavy (non-hydrogen) atoms. The maximum Gasteiger partial charge on any atom is 0.333 e. The first-order valence-electron chi connectivity index (χ1n) is 6.45. The fourth-order valence-electron chi connectivity index (χ4n) is 1.93. The number of hydrogen-bond donors (Lipinski definition) is 0. The van der Waals surface area contributed by atoms with Gasteiger partial charge in [0.25, 0.3) is 0 Å². The molecule has 0 aromatic carbocycles. The second-order valence-corrected chi connectivity index (χ2v) is 5.22. The van der Waals surface area contributed by atoms with Gasteiger partial charge in [-0.05, 0) is 19.4 Å². The minimum atomic E-state index is -0.519. The third-order valence-electron chi connectivity index (χ3n) is 2.86. The van der Waals surface area contributed by atoms with E-state index < -0.39 is 6.04 Å². The largest absolute Gasteiger partial charge is 0.464 e. The SMILES string of the molecule is CCOC(=O)C(CC1=CC=C(Br)C=CC1)n1nccn1. The first-order valence-corrected chi connectivity index (χ1v) is 7.24. The summed E-state index contributed by atoms with van der Waals surface area (Å²) in [6.45, 7) is 2.14. The smallest absolute Gasteiger partial charge is 0.333 e. The molecule has 1 atom stereocenters. The van der Waals surface area contributed by atoms with Crippen molar-refractivity contribution in [2.45, 2.75) is 25.8 Å². The Hall–Kier alpha value is -1.69. The van der Waals surface area contributed by atoms with Gasteiger partial charge in [0.2, 0.25) is 0 Å². The summed E-state index contributed by atoms with van der Waals surface area (Å²) in [5.74, 6) is -0.305. The lowest BCUT2D eigenvalue weighted by molar-refractivity contribution is -0.147. The number of allylic oxidation sites excluding steroid dienone is 6. The predicted molar refractivity (Wildman–Crippen MR) is 79.2 cm³/mol. The van der Waals surface area contributed by atoms with Crippen molar-refractivity contribution in [2.75, 3.05) is 6.61 Å². The molecule has 0 amide bonds. The Bertz CT molecular complexity index is 547. The van der Waals surface area contributed by atoms with Crippen LogP contribution in [0.5, 0.6) is 0 Å². The molecule has 0 radical (unpaired) electrons. The number of aromatic nitrogens is 3. The molecular formula is C14H16BrN3O2. The monoisotopic (exact) mass is 337 g/mol. The van der Waals surface area contributed by atoms with Crippen molar-refractivity contribution >= 4 is 21.9 Å². The number of carbonyl (C=O) groups excluding carboxylic acids is 1. The molecule has 0 N–H and O–H groups in total. The van der Waals surface area contributed by atoms with Gasteiger partial charge in [0.15, 0.2) is 6.04 Å². The molecule has 1 heterocycles. The minimum Gasteiger partial charge on any atom is -0.464 e. The number of carbonyl (C=O) groups is 1. The van der Waals surface area contributed by atoms with Gasteiger partial charge in [0.1, 0.15) is 0 Å². The molecule has 0 aliphatic heterocycles. The lowest BCUT2D eigenvalue weighted by atomic mass is 10.0. The van der Waals surface area contributed by atoms with Gasteiger partial charge in [-0.3, -0.25) is 0 Å². The Kier molecular flexibility index (Phi) is 5.29. The van der Waals surface area contributed by atoms with E-state index in [-0.39, 0.29) is 5.97 Å². The van der Waals surface area contributed by atoms with Gasteiger partial charge in [-0.25, -0.2) is 4.79 Å². The standard InChI is InChI=1S/C14H16BrN3O2/c1-2-20-14(19)13(18-16-8-9-17-18)10-11-4-3-5-12(15)7-6-11/h3,5-9,13H,2,4,10H2,1H3. The Morgan fingerprint density at radius 1 is 1.45 bits per heavy atom. The number of halogens is 1. The van der Waals surface area contributed by atoms with Crippen LogP contribution >= 0.6 is 15.9 Å². The highest BCUT2D eigenvalue weighted by Gasteiger charge is 2.24. The summed E-state index contributed by atoms with van der Waals surface area (Å²) in [5.41, 5.74) is 1.13. The highest BCUT2D eigenvalue weighted by Crippen LogP contribution is 2.23. The van der Waals surface area contributed by atoms with E-state index in [4.69, 9.17) is 4.74 Å². The zero-order valence-electron chi connectivity index (χ0n) is 11.2. The van der Waals surface area contributed by atoms with Gasteiger partial charge in [-0.2, -0.15) is 15.0 Å². The van der Waals surface area contributed by atoms with Crippen LogP contribution in [0, 0.1) is 0 Å². The van der Waals surface area contributed by atoms with Crippen molar-refractivity contribution in [3.05, 3.63) is 46.8 Å². The Morgan fingerprint density at radius 3 is 2.90 bits per heavy atom. The van der Waals surface area contributed by atoms with E-state index in [2.05, 4.69) is 32.2 Å². The van der Waals surface area contributed by atoms with Gasteiger partial charge in [0, 0.05) is 10.9 Å². The topological polar surface area (TPSA) is 57.0 Å².